The molecule has 3 aromatic rings. The molecule has 4 rings (SSSR count). The molecule has 1 heterocycles. The van der Waals surface area contributed by atoms with Crippen LogP contribution in [0.15, 0.2) is 65.7 Å². The van der Waals surface area contributed by atoms with Crippen LogP contribution in [0.5, 0.6) is 5.75 Å². The standard InChI is InChI=1S/C24H18BF4NO2/c1-14-10-18(25)5-9-21(14)32-13-23(31,24(27,28)29)17-4-8-20-16(11-17)12-30-22(20)15-2-6-19(26)7-3-15/h2-12,22,31H,13H2,1H3. The average Bonchev–Trinajstić information content (AvgIpc) is 3.16. The molecule has 162 valence electrons. The van der Waals surface area contributed by atoms with Crippen LogP contribution in [0.4, 0.5) is 17.6 Å². The van der Waals surface area contributed by atoms with Crippen LogP contribution in [-0.4, -0.2) is 32.0 Å². The zero-order valence-electron chi connectivity index (χ0n) is 17.0. The van der Waals surface area contributed by atoms with E-state index in [4.69, 9.17) is 12.6 Å². The molecule has 32 heavy (non-hydrogen) atoms. The summed E-state index contributed by atoms with van der Waals surface area (Å²) in [5, 5.41) is 10.7. The third kappa shape index (κ3) is 4.02. The van der Waals surface area contributed by atoms with Gasteiger partial charge >= 0.3 is 6.18 Å². The van der Waals surface area contributed by atoms with E-state index < -0.39 is 30.2 Å². The maximum absolute atomic E-state index is 14.0. The molecule has 0 saturated carbocycles. The first-order chi connectivity index (χ1) is 15.1. The molecule has 3 aromatic carbocycles. The van der Waals surface area contributed by atoms with Crippen molar-refractivity contribution in [2.75, 3.05) is 6.61 Å². The lowest BCUT2D eigenvalue weighted by Gasteiger charge is -2.31. The summed E-state index contributed by atoms with van der Waals surface area (Å²) in [4.78, 5) is 4.35. The maximum atomic E-state index is 14.0. The van der Waals surface area contributed by atoms with Crippen LogP contribution < -0.4 is 10.2 Å². The van der Waals surface area contributed by atoms with Crippen LogP contribution in [0.3, 0.4) is 0 Å². The average molecular weight is 439 g/mol. The number of hydrogen-bond donors (Lipinski definition) is 1. The first-order valence-corrected chi connectivity index (χ1v) is 9.79. The Morgan fingerprint density at radius 2 is 1.75 bits per heavy atom. The largest absolute Gasteiger partial charge is 0.490 e. The van der Waals surface area contributed by atoms with Crippen molar-refractivity contribution >= 4 is 19.5 Å². The quantitative estimate of drug-likeness (QED) is 0.477. The van der Waals surface area contributed by atoms with Gasteiger partial charge < -0.3 is 9.84 Å². The van der Waals surface area contributed by atoms with E-state index in [0.29, 0.717) is 27.7 Å². The number of hydrogen-bond acceptors (Lipinski definition) is 3. The molecule has 0 spiro atoms. The maximum Gasteiger partial charge on any atom is 0.424 e. The van der Waals surface area contributed by atoms with Gasteiger partial charge in [0.05, 0.1) is 0 Å². The molecule has 1 aliphatic rings. The molecule has 2 unspecified atom stereocenters. The summed E-state index contributed by atoms with van der Waals surface area (Å²) in [5.41, 5.74) is -0.765. The highest BCUT2D eigenvalue weighted by Crippen LogP contribution is 2.42. The Bertz CT molecular complexity index is 1180. The fraction of sp³-hybridized carbons (Fsp3) is 0.208. The zero-order valence-corrected chi connectivity index (χ0v) is 17.0. The van der Waals surface area contributed by atoms with Gasteiger partial charge in [-0.2, -0.15) is 13.2 Å². The number of aliphatic hydroxyl groups is 1. The lowest BCUT2D eigenvalue weighted by molar-refractivity contribution is -0.275. The number of fused-ring (bicyclic) bond motifs is 1. The number of aryl methyl sites for hydroxylation is 1. The number of rotatable bonds is 5. The van der Waals surface area contributed by atoms with Crippen LogP contribution in [0.2, 0.25) is 0 Å². The Morgan fingerprint density at radius 3 is 2.41 bits per heavy atom. The lowest BCUT2D eigenvalue weighted by atomic mass is 9.89. The summed E-state index contributed by atoms with van der Waals surface area (Å²) < 4.78 is 60.5. The van der Waals surface area contributed by atoms with E-state index in [1.165, 1.54) is 48.7 Å². The van der Waals surface area contributed by atoms with E-state index in [1.54, 1.807) is 25.1 Å². The summed E-state index contributed by atoms with van der Waals surface area (Å²) in [6.07, 6.45) is -3.54. The zero-order chi connectivity index (χ0) is 23.1. The molecule has 0 saturated heterocycles. The molecular formula is C24H18BF4NO2. The van der Waals surface area contributed by atoms with Gasteiger partial charge in [0.25, 0.3) is 0 Å². The Kier molecular flexibility index (Phi) is 5.59. The van der Waals surface area contributed by atoms with Crippen molar-refractivity contribution in [3.05, 3.63) is 94.3 Å². The fourth-order valence-corrected chi connectivity index (χ4v) is 3.68. The van der Waals surface area contributed by atoms with Crippen molar-refractivity contribution in [3.8, 4) is 5.75 Å². The Hall–Kier alpha value is -3.13. The molecule has 0 aromatic heterocycles. The normalized spacial score (nSPS) is 17.1. The van der Waals surface area contributed by atoms with Gasteiger partial charge in [0.2, 0.25) is 5.60 Å². The molecule has 8 heteroatoms. The van der Waals surface area contributed by atoms with Gasteiger partial charge in [-0.05, 0) is 59.0 Å². The monoisotopic (exact) mass is 439 g/mol. The van der Waals surface area contributed by atoms with E-state index in [0.717, 1.165) is 0 Å². The minimum Gasteiger partial charge on any atom is -0.490 e. The van der Waals surface area contributed by atoms with Gasteiger partial charge in [-0.15, -0.1) is 0 Å². The molecule has 2 atom stereocenters. The number of ether oxygens (including phenoxy) is 1. The molecule has 2 radical (unpaired) electrons. The Morgan fingerprint density at radius 1 is 1.03 bits per heavy atom. The number of benzene rings is 3. The van der Waals surface area contributed by atoms with Gasteiger partial charge in [0.15, 0.2) is 0 Å². The van der Waals surface area contributed by atoms with Gasteiger partial charge in [-0.3, -0.25) is 4.99 Å². The molecular weight excluding hydrogens is 421 g/mol. The summed E-state index contributed by atoms with van der Waals surface area (Å²) >= 11 is 0. The minimum atomic E-state index is -4.99. The van der Waals surface area contributed by atoms with Crippen molar-refractivity contribution in [2.24, 2.45) is 4.99 Å². The van der Waals surface area contributed by atoms with Crippen LogP contribution in [0, 0.1) is 12.7 Å². The van der Waals surface area contributed by atoms with E-state index in [9.17, 15) is 22.7 Å². The molecule has 3 nitrogen and oxygen atoms in total. The molecule has 1 N–H and O–H groups in total. The summed E-state index contributed by atoms with van der Waals surface area (Å²) in [7, 11) is 5.67. The van der Waals surface area contributed by atoms with Crippen LogP contribution in [0.25, 0.3) is 0 Å². The summed E-state index contributed by atoms with van der Waals surface area (Å²) in [6, 6.07) is 13.8. The number of alkyl halides is 3. The molecule has 0 fully saturated rings. The van der Waals surface area contributed by atoms with E-state index in [2.05, 4.69) is 4.99 Å². The second-order valence-electron chi connectivity index (χ2n) is 7.75. The highest BCUT2D eigenvalue weighted by molar-refractivity contribution is 6.32. The molecule has 0 aliphatic carbocycles. The van der Waals surface area contributed by atoms with Crippen molar-refractivity contribution in [3.63, 3.8) is 0 Å². The topological polar surface area (TPSA) is 41.8 Å². The summed E-state index contributed by atoms with van der Waals surface area (Å²) in [6.45, 7) is 0.623. The predicted molar refractivity (Wildman–Crippen MR) is 114 cm³/mol. The third-order valence-electron chi connectivity index (χ3n) is 5.51. The van der Waals surface area contributed by atoms with E-state index in [1.807, 2.05) is 0 Å². The Labute approximate surface area is 183 Å². The smallest absolute Gasteiger partial charge is 0.424 e. The number of aliphatic imine (C=N–C) groups is 1. The minimum absolute atomic E-state index is 0.195. The molecule has 0 amide bonds. The van der Waals surface area contributed by atoms with Gasteiger partial charge in [-0.25, -0.2) is 4.39 Å². The van der Waals surface area contributed by atoms with Crippen molar-refractivity contribution in [1.82, 2.24) is 0 Å². The fourth-order valence-electron chi connectivity index (χ4n) is 3.68. The molecule has 1 aliphatic heterocycles. The van der Waals surface area contributed by atoms with E-state index in [-0.39, 0.29) is 11.3 Å². The van der Waals surface area contributed by atoms with Crippen molar-refractivity contribution in [1.29, 1.82) is 0 Å². The van der Waals surface area contributed by atoms with Gasteiger partial charge in [-0.1, -0.05) is 41.9 Å². The second-order valence-corrected chi connectivity index (χ2v) is 7.75. The second kappa shape index (κ2) is 8.09. The van der Waals surface area contributed by atoms with Crippen molar-refractivity contribution < 1.29 is 27.4 Å². The van der Waals surface area contributed by atoms with Gasteiger partial charge in [0, 0.05) is 6.21 Å². The Balaban J connectivity index is 1.65. The first-order valence-electron chi connectivity index (χ1n) is 9.79. The van der Waals surface area contributed by atoms with Crippen LogP contribution >= 0.6 is 0 Å². The SMILES string of the molecule is [B]c1ccc(OCC(O)(c2ccc3c(c2)C=NC3c2ccc(F)cc2)C(F)(F)F)c(C)c1. The lowest BCUT2D eigenvalue weighted by Crippen LogP contribution is -2.47. The number of halogens is 4. The highest BCUT2D eigenvalue weighted by atomic mass is 19.4. The first kappa shape index (κ1) is 22.1. The summed E-state index contributed by atoms with van der Waals surface area (Å²) in [5.74, 6) is -0.196. The van der Waals surface area contributed by atoms with Crippen molar-refractivity contribution in [2.45, 2.75) is 24.7 Å². The highest BCUT2D eigenvalue weighted by Gasteiger charge is 2.56. The van der Waals surface area contributed by atoms with Gasteiger partial charge in [0.1, 0.15) is 32.1 Å². The van der Waals surface area contributed by atoms with E-state index >= 15 is 0 Å². The number of nitrogens with zero attached hydrogens (tertiary/aromatic N) is 1. The third-order valence-corrected chi connectivity index (χ3v) is 5.51. The predicted octanol–water partition coefficient (Wildman–Crippen LogP) is 4.28. The molecule has 0 bridgehead atoms. The van der Waals surface area contributed by atoms with Crippen LogP contribution in [0.1, 0.15) is 33.9 Å². The van der Waals surface area contributed by atoms with Crippen LogP contribution in [-0.2, 0) is 5.60 Å².